The van der Waals surface area contributed by atoms with Crippen LogP contribution in [-0.2, 0) is 14.3 Å². The number of ether oxygens (including phenoxy) is 2. The maximum Gasteiger partial charge on any atom is 0.306 e. The van der Waals surface area contributed by atoms with Gasteiger partial charge in [0.05, 0.1) is 18.8 Å². The highest BCUT2D eigenvalue weighted by atomic mass is 16.6. The molecule has 0 spiro atoms. The number of aliphatic hydroxyl groups excluding tert-OH is 1. The second kappa shape index (κ2) is 14.3. The number of unbranched alkanes of at least 4 members (excludes halogenated alkanes) is 7. The van der Waals surface area contributed by atoms with Crippen LogP contribution in [0.1, 0.15) is 90.9 Å². The van der Waals surface area contributed by atoms with Crippen molar-refractivity contribution < 1.29 is 19.4 Å². The van der Waals surface area contributed by atoms with Gasteiger partial charge in [-0.15, -0.1) is 0 Å². The molecule has 1 saturated heterocycles. The molecule has 0 aromatic heterocycles. The van der Waals surface area contributed by atoms with Gasteiger partial charge in [-0.1, -0.05) is 57.6 Å². The molecule has 0 saturated carbocycles. The first-order chi connectivity index (χ1) is 12.2. The number of carbonyl (C=O) groups excluding carboxylic acids is 1. The zero-order valence-corrected chi connectivity index (χ0v) is 16.3. The number of hydrogen-bond acceptors (Lipinski definition) is 4. The lowest BCUT2D eigenvalue weighted by Gasteiger charge is -2.09. The summed E-state index contributed by atoms with van der Waals surface area (Å²) in [5.74, 6) is -0.195. The quantitative estimate of drug-likeness (QED) is 0.185. The number of allylic oxidation sites excluding steroid dienone is 1. The highest BCUT2D eigenvalue weighted by Crippen LogP contribution is 2.30. The van der Waals surface area contributed by atoms with Gasteiger partial charge in [0.2, 0.25) is 0 Å². The molecule has 0 unspecified atom stereocenters. The molecule has 146 valence electrons. The van der Waals surface area contributed by atoms with Gasteiger partial charge in [0.1, 0.15) is 6.10 Å². The molecule has 1 heterocycles. The molecular formula is C21H38O4. The summed E-state index contributed by atoms with van der Waals surface area (Å²) in [6.45, 7) is 3.83. The van der Waals surface area contributed by atoms with Crippen LogP contribution < -0.4 is 0 Å². The molecule has 0 amide bonds. The molecule has 1 aliphatic heterocycles. The van der Waals surface area contributed by atoms with Crippen LogP contribution in [0.25, 0.3) is 0 Å². The van der Waals surface area contributed by atoms with Gasteiger partial charge in [-0.2, -0.15) is 0 Å². The van der Waals surface area contributed by atoms with E-state index in [9.17, 15) is 4.79 Å². The maximum absolute atomic E-state index is 11.4. The number of epoxide rings is 1. The summed E-state index contributed by atoms with van der Waals surface area (Å²) in [4.78, 5) is 11.4. The summed E-state index contributed by atoms with van der Waals surface area (Å²) < 4.78 is 10.7. The summed E-state index contributed by atoms with van der Waals surface area (Å²) in [6, 6.07) is 0. The molecule has 0 aromatic rings. The molecule has 25 heavy (non-hydrogen) atoms. The highest BCUT2D eigenvalue weighted by molar-refractivity contribution is 5.69. The molecule has 1 aliphatic rings. The van der Waals surface area contributed by atoms with E-state index < -0.39 is 0 Å². The molecule has 3 atom stereocenters. The average Bonchev–Trinajstić information content (AvgIpc) is 3.34. The van der Waals surface area contributed by atoms with Crippen LogP contribution in [0.15, 0.2) is 12.2 Å². The van der Waals surface area contributed by atoms with E-state index in [1.165, 1.54) is 44.9 Å². The number of rotatable bonds is 16. The first-order valence-electron chi connectivity index (χ1n) is 10.3. The Morgan fingerprint density at radius 3 is 2.60 bits per heavy atom. The summed E-state index contributed by atoms with van der Waals surface area (Å²) in [6.07, 6.45) is 18.6. The molecule has 1 N–H and O–H groups in total. The van der Waals surface area contributed by atoms with E-state index in [0.29, 0.717) is 18.6 Å². The van der Waals surface area contributed by atoms with Gasteiger partial charge in [-0.25, -0.2) is 0 Å². The second-order valence-corrected chi connectivity index (χ2v) is 7.21. The maximum atomic E-state index is 11.4. The Balaban J connectivity index is 1.82. The van der Waals surface area contributed by atoms with Gasteiger partial charge < -0.3 is 14.6 Å². The van der Waals surface area contributed by atoms with E-state index in [1.807, 2.05) is 0 Å². The van der Waals surface area contributed by atoms with Crippen LogP contribution in [0.5, 0.6) is 0 Å². The Labute approximate surface area is 154 Å². The van der Waals surface area contributed by atoms with Crippen molar-refractivity contribution in [1.29, 1.82) is 0 Å². The summed E-state index contributed by atoms with van der Waals surface area (Å²) in [5.41, 5.74) is 0. The van der Waals surface area contributed by atoms with Crippen molar-refractivity contribution in [2.24, 2.45) is 0 Å². The monoisotopic (exact) mass is 354 g/mol. The smallest absolute Gasteiger partial charge is 0.306 e. The number of esters is 1. The summed E-state index contributed by atoms with van der Waals surface area (Å²) in [5, 5.41) is 8.81. The first kappa shape index (κ1) is 22.2. The van der Waals surface area contributed by atoms with Gasteiger partial charge in [0.25, 0.3) is 0 Å². The van der Waals surface area contributed by atoms with E-state index in [1.54, 1.807) is 6.92 Å². The zero-order valence-electron chi connectivity index (χ0n) is 16.3. The van der Waals surface area contributed by atoms with E-state index >= 15 is 0 Å². The molecule has 1 fully saturated rings. The molecule has 4 heteroatoms. The summed E-state index contributed by atoms with van der Waals surface area (Å²) >= 11 is 0. The van der Waals surface area contributed by atoms with Crippen molar-refractivity contribution in [2.45, 2.75) is 109 Å². The van der Waals surface area contributed by atoms with E-state index in [-0.39, 0.29) is 18.7 Å². The van der Waals surface area contributed by atoms with Crippen LogP contribution in [-0.4, -0.2) is 36.0 Å². The molecule has 0 aliphatic carbocycles. The number of hydrogen-bond donors (Lipinski definition) is 1. The third-order valence-electron chi connectivity index (χ3n) is 4.66. The van der Waals surface area contributed by atoms with Gasteiger partial charge in [0.15, 0.2) is 0 Å². The number of aliphatic hydroxyl groups is 1. The van der Waals surface area contributed by atoms with E-state index in [4.69, 9.17) is 14.6 Å². The Hall–Kier alpha value is -0.870. The lowest BCUT2D eigenvalue weighted by molar-refractivity contribution is -0.150. The predicted molar refractivity (Wildman–Crippen MR) is 102 cm³/mol. The predicted octanol–water partition coefficient (Wildman–Crippen LogP) is 4.94. The molecule has 0 bridgehead atoms. The van der Waals surface area contributed by atoms with Crippen LogP contribution in [0.3, 0.4) is 0 Å². The molecule has 1 rings (SSSR count). The minimum Gasteiger partial charge on any atom is -0.460 e. The number of carbonyl (C=O) groups is 1. The van der Waals surface area contributed by atoms with Crippen molar-refractivity contribution >= 4 is 5.97 Å². The van der Waals surface area contributed by atoms with Crippen LogP contribution in [0.2, 0.25) is 0 Å². The van der Waals surface area contributed by atoms with Gasteiger partial charge in [0, 0.05) is 6.42 Å². The SMILES string of the molecule is CCCCC[C@H]1O[C@H]1C/C=C\CCCCCCCC(=O)O[C@H](C)CO. The normalized spacial score (nSPS) is 20.8. The second-order valence-electron chi connectivity index (χ2n) is 7.21. The van der Waals surface area contributed by atoms with Gasteiger partial charge >= 0.3 is 5.97 Å². The molecule has 4 nitrogen and oxygen atoms in total. The third kappa shape index (κ3) is 12.2. The van der Waals surface area contributed by atoms with E-state index in [2.05, 4.69) is 19.1 Å². The largest absolute Gasteiger partial charge is 0.460 e. The molecule has 0 radical (unpaired) electrons. The van der Waals surface area contributed by atoms with Crippen LogP contribution in [0.4, 0.5) is 0 Å². The van der Waals surface area contributed by atoms with Crippen molar-refractivity contribution in [3.63, 3.8) is 0 Å². The zero-order chi connectivity index (χ0) is 18.3. The Kier molecular flexibility index (Phi) is 12.7. The lowest BCUT2D eigenvalue weighted by Crippen LogP contribution is -2.18. The average molecular weight is 355 g/mol. The molecular weight excluding hydrogens is 316 g/mol. The van der Waals surface area contributed by atoms with Crippen LogP contribution in [0, 0.1) is 0 Å². The minimum absolute atomic E-state index is 0.106. The Bertz CT molecular complexity index is 367. The van der Waals surface area contributed by atoms with Gasteiger partial charge in [-0.3, -0.25) is 4.79 Å². The lowest BCUT2D eigenvalue weighted by atomic mass is 10.1. The fraction of sp³-hybridized carbons (Fsp3) is 0.857. The highest BCUT2D eigenvalue weighted by Gasteiger charge is 2.36. The van der Waals surface area contributed by atoms with Crippen molar-refractivity contribution in [3.8, 4) is 0 Å². The first-order valence-corrected chi connectivity index (χ1v) is 10.3. The van der Waals surface area contributed by atoms with Gasteiger partial charge in [-0.05, 0) is 39.0 Å². The van der Waals surface area contributed by atoms with Crippen LogP contribution >= 0.6 is 0 Å². The minimum atomic E-state index is -0.382. The fourth-order valence-corrected chi connectivity index (χ4v) is 2.97. The Morgan fingerprint density at radius 2 is 1.84 bits per heavy atom. The topological polar surface area (TPSA) is 59.1 Å². The van der Waals surface area contributed by atoms with Crippen molar-refractivity contribution in [1.82, 2.24) is 0 Å². The fourth-order valence-electron chi connectivity index (χ4n) is 2.97. The standard InChI is InChI=1S/C21H38O4/c1-3-4-11-14-19-20(25-19)15-12-9-7-5-6-8-10-13-16-21(23)24-18(2)17-22/h9,12,18-20,22H,3-8,10-11,13-17H2,1-2H3/b12-9-/t18-,19-,20+/m1/s1. The van der Waals surface area contributed by atoms with E-state index in [0.717, 1.165) is 25.7 Å². The van der Waals surface area contributed by atoms with Crippen molar-refractivity contribution in [2.75, 3.05) is 6.61 Å². The third-order valence-corrected chi connectivity index (χ3v) is 4.66. The Morgan fingerprint density at radius 1 is 1.08 bits per heavy atom. The molecule has 0 aromatic carbocycles. The van der Waals surface area contributed by atoms with Crippen molar-refractivity contribution in [3.05, 3.63) is 12.2 Å². The summed E-state index contributed by atoms with van der Waals surface area (Å²) in [7, 11) is 0.